The van der Waals surface area contributed by atoms with Crippen LogP contribution in [0.1, 0.15) is 21.6 Å². The number of thiophene rings is 1. The lowest BCUT2D eigenvalue weighted by Crippen LogP contribution is -2.32. The molecule has 0 saturated heterocycles. The van der Waals surface area contributed by atoms with Crippen LogP contribution in [0.4, 0.5) is 0 Å². The van der Waals surface area contributed by atoms with Crippen LogP contribution in [-0.4, -0.2) is 33.5 Å². The average Bonchev–Trinajstić information content (AvgIpc) is 3.25. The van der Waals surface area contributed by atoms with E-state index in [4.69, 9.17) is 9.47 Å². The lowest BCUT2D eigenvalue weighted by molar-refractivity contribution is 0.354. The summed E-state index contributed by atoms with van der Waals surface area (Å²) in [6.45, 7) is 4.62. The number of hydrogen-bond acceptors (Lipinski definition) is 5. The molecule has 30 heavy (non-hydrogen) atoms. The largest absolute Gasteiger partial charge is 0.493 e. The Hall–Kier alpha value is -2.35. The van der Waals surface area contributed by atoms with Crippen LogP contribution < -0.4 is 9.47 Å². The van der Waals surface area contributed by atoms with Gasteiger partial charge >= 0.3 is 0 Å². The molecule has 0 fully saturated rings. The van der Waals surface area contributed by atoms with Crippen molar-refractivity contribution >= 4 is 21.4 Å². The first kappa shape index (κ1) is 22.3. The van der Waals surface area contributed by atoms with Gasteiger partial charge in [0.2, 0.25) is 10.0 Å². The molecule has 0 unspecified atom stereocenters. The van der Waals surface area contributed by atoms with E-state index >= 15 is 0 Å². The molecule has 0 spiro atoms. The Morgan fingerprint density at radius 2 is 1.70 bits per heavy atom. The maximum absolute atomic E-state index is 13.5. The van der Waals surface area contributed by atoms with Crippen LogP contribution >= 0.6 is 11.3 Å². The van der Waals surface area contributed by atoms with E-state index in [1.807, 2.05) is 55.6 Å². The van der Waals surface area contributed by atoms with E-state index < -0.39 is 10.0 Å². The van der Waals surface area contributed by atoms with Crippen molar-refractivity contribution in [2.45, 2.75) is 31.7 Å². The predicted octanol–water partition coefficient (Wildman–Crippen LogP) is 4.82. The van der Waals surface area contributed by atoms with Crippen LogP contribution in [0.15, 0.2) is 58.8 Å². The van der Waals surface area contributed by atoms with E-state index in [1.165, 1.54) is 0 Å². The summed E-state index contributed by atoms with van der Waals surface area (Å²) in [7, 11) is -0.445. The van der Waals surface area contributed by atoms with Crippen molar-refractivity contribution in [3.63, 3.8) is 0 Å². The summed E-state index contributed by atoms with van der Waals surface area (Å²) in [6.07, 6.45) is 0.565. The lowest BCUT2D eigenvalue weighted by Gasteiger charge is -2.22. The number of methoxy groups -OCH3 is 2. The normalized spacial score (nSPS) is 11.6. The second-order valence-corrected chi connectivity index (χ2v) is 10.1. The van der Waals surface area contributed by atoms with Crippen molar-refractivity contribution in [1.29, 1.82) is 0 Å². The molecule has 5 nitrogen and oxygen atoms in total. The molecule has 160 valence electrons. The average molecular weight is 446 g/mol. The molecule has 1 heterocycles. The minimum absolute atomic E-state index is 0.328. The van der Waals surface area contributed by atoms with Gasteiger partial charge in [-0.15, -0.1) is 11.3 Å². The molecule has 0 amide bonds. The highest BCUT2D eigenvalue weighted by Crippen LogP contribution is 2.28. The standard InChI is InChI=1S/C23H27NO4S2/c1-17-7-9-21(14-18(17)2)30(25,26)24(16-20-6-5-13-29-20)12-11-19-8-10-22(27-3)23(15-19)28-4/h5-10,13-15H,11-12,16H2,1-4H3. The van der Waals surface area contributed by atoms with Crippen molar-refractivity contribution in [1.82, 2.24) is 4.31 Å². The molecule has 3 aromatic rings. The Balaban J connectivity index is 1.88. The molecule has 0 saturated carbocycles. The Kier molecular flexibility index (Phi) is 7.18. The minimum atomic E-state index is -3.63. The smallest absolute Gasteiger partial charge is 0.243 e. The van der Waals surface area contributed by atoms with E-state index in [2.05, 4.69) is 0 Å². The second-order valence-electron chi connectivity index (χ2n) is 7.10. The van der Waals surface area contributed by atoms with E-state index in [9.17, 15) is 8.42 Å². The Bertz CT molecular complexity index is 1090. The van der Waals surface area contributed by atoms with E-state index in [0.29, 0.717) is 35.9 Å². The number of hydrogen-bond donors (Lipinski definition) is 0. The Labute approximate surface area is 182 Å². The van der Waals surface area contributed by atoms with Gasteiger partial charge in [0.05, 0.1) is 19.1 Å². The molecule has 2 aromatic carbocycles. The Morgan fingerprint density at radius 3 is 2.33 bits per heavy atom. The van der Waals surface area contributed by atoms with Crippen LogP contribution in [0.5, 0.6) is 11.5 Å². The molecule has 0 aliphatic rings. The van der Waals surface area contributed by atoms with Gasteiger partial charge in [-0.1, -0.05) is 18.2 Å². The molecule has 0 bridgehead atoms. The van der Waals surface area contributed by atoms with Crippen molar-refractivity contribution in [3.8, 4) is 11.5 Å². The number of nitrogens with zero attached hydrogens (tertiary/aromatic N) is 1. The summed E-state index contributed by atoms with van der Waals surface area (Å²) in [5, 5.41) is 1.96. The van der Waals surface area contributed by atoms with Crippen molar-refractivity contribution in [2.75, 3.05) is 20.8 Å². The van der Waals surface area contributed by atoms with Crippen molar-refractivity contribution in [2.24, 2.45) is 0 Å². The monoisotopic (exact) mass is 445 g/mol. The zero-order chi connectivity index (χ0) is 21.7. The van der Waals surface area contributed by atoms with E-state index in [-0.39, 0.29) is 0 Å². The van der Waals surface area contributed by atoms with Crippen LogP contribution in [0.2, 0.25) is 0 Å². The molecule has 1 aromatic heterocycles. The minimum Gasteiger partial charge on any atom is -0.493 e. The van der Waals surface area contributed by atoms with Crippen LogP contribution in [0, 0.1) is 13.8 Å². The summed E-state index contributed by atoms with van der Waals surface area (Å²) in [5.41, 5.74) is 3.02. The highest BCUT2D eigenvalue weighted by Gasteiger charge is 2.25. The molecular weight excluding hydrogens is 418 g/mol. The summed E-state index contributed by atoms with van der Waals surface area (Å²) >= 11 is 1.56. The number of ether oxygens (including phenoxy) is 2. The van der Waals surface area contributed by atoms with Gasteiger partial charge in [0, 0.05) is 18.0 Å². The summed E-state index contributed by atoms with van der Waals surface area (Å²) in [6, 6.07) is 14.9. The van der Waals surface area contributed by atoms with Gasteiger partial charge in [0.1, 0.15) is 0 Å². The zero-order valence-electron chi connectivity index (χ0n) is 17.7. The van der Waals surface area contributed by atoms with Gasteiger partial charge in [0.15, 0.2) is 11.5 Å². The van der Waals surface area contributed by atoms with Crippen molar-refractivity contribution in [3.05, 3.63) is 75.5 Å². The first-order valence-electron chi connectivity index (χ1n) is 9.66. The predicted molar refractivity (Wildman–Crippen MR) is 121 cm³/mol. The zero-order valence-corrected chi connectivity index (χ0v) is 19.3. The molecule has 0 aliphatic carbocycles. The quantitative estimate of drug-likeness (QED) is 0.474. The van der Waals surface area contributed by atoms with E-state index in [1.54, 1.807) is 42.0 Å². The fraction of sp³-hybridized carbons (Fsp3) is 0.304. The maximum atomic E-state index is 13.5. The topological polar surface area (TPSA) is 55.8 Å². The second kappa shape index (κ2) is 9.64. The molecule has 7 heteroatoms. The van der Waals surface area contributed by atoms with Gasteiger partial charge in [-0.25, -0.2) is 8.42 Å². The molecule has 0 N–H and O–H groups in total. The number of rotatable bonds is 9. The maximum Gasteiger partial charge on any atom is 0.243 e. The molecule has 0 atom stereocenters. The third kappa shape index (κ3) is 5.03. The molecule has 0 aliphatic heterocycles. The van der Waals surface area contributed by atoms with Gasteiger partial charge in [-0.05, 0) is 72.7 Å². The molecule has 3 rings (SSSR count). The van der Waals surface area contributed by atoms with Crippen LogP contribution in [0.3, 0.4) is 0 Å². The summed E-state index contributed by atoms with van der Waals surface area (Å²) in [5.74, 6) is 1.29. The molecule has 0 radical (unpaired) electrons. The highest BCUT2D eigenvalue weighted by atomic mass is 32.2. The third-order valence-electron chi connectivity index (χ3n) is 5.13. The first-order valence-corrected chi connectivity index (χ1v) is 12.0. The fourth-order valence-electron chi connectivity index (χ4n) is 3.17. The van der Waals surface area contributed by atoms with Crippen LogP contribution in [0.25, 0.3) is 0 Å². The third-order valence-corrected chi connectivity index (χ3v) is 7.83. The summed E-state index contributed by atoms with van der Waals surface area (Å²) in [4.78, 5) is 1.34. The lowest BCUT2D eigenvalue weighted by atomic mass is 10.1. The van der Waals surface area contributed by atoms with Gasteiger partial charge in [-0.3, -0.25) is 0 Å². The fourth-order valence-corrected chi connectivity index (χ4v) is 5.48. The number of benzene rings is 2. The van der Waals surface area contributed by atoms with Gasteiger partial charge in [0.25, 0.3) is 0 Å². The number of aryl methyl sites for hydroxylation is 2. The summed E-state index contributed by atoms with van der Waals surface area (Å²) < 4.78 is 39.1. The van der Waals surface area contributed by atoms with Gasteiger partial charge in [-0.2, -0.15) is 4.31 Å². The van der Waals surface area contributed by atoms with Crippen molar-refractivity contribution < 1.29 is 17.9 Å². The highest BCUT2D eigenvalue weighted by molar-refractivity contribution is 7.89. The molecular formula is C23H27NO4S2. The number of sulfonamides is 1. The Morgan fingerprint density at radius 1 is 0.933 bits per heavy atom. The van der Waals surface area contributed by atoms with E-state index in [0.717, 1.165) is 21.6 Å². The first-order chi connectivity index (χ1) is 14.3. The SMILES string of the molecule is COc1ccc(CCN(Cc2cccs2)S(=O)(=O)c2ccc(C)c(C)c2)cc1OC. The van der Waals surface area contributed by atoms with Crippen LogP contribution in [-0.2, 0) is 23.0 Å². The van der Waals surface area contributed by atoms with Gasteiger partial charge < -0.3 is 9.47 Å².